The first-order valence-electron chi connectivity index (χ1n) is 5.03. The molecule has 0 bridgehead atoms. The molecule has 84 valence electrons. The number of pyridine rings is 1. The van der Waals surface area contributed by atoms with E-state index in [1.807, 2.05) is 25.3 Å². The van der Waals surface area contributed by atoms with E-state index in [1.54, 1.807) is 10.9 Å². The second kappa shape index (κ2) is 4.63. The fourth-order valence-electron chi connectivity index (χ4n) is 1.55. The van der Waals surface area contributed by atoms with E-state index in [9.17, 15) is 0 Å². The minimum Gasteiger partial charge on any atom is -0.325 e. The van der Waals surface area contributed by atoms with Crippen molar-refractivity contribution in [3.63, 3.8) is 0 Å². The molecule has 0 spiro atoms. The van der Waals surface area contributed by atoms with Crippen molar-refractivity contribution in [2.45, 2.75) is 20.0 Å². The topological polar surface area (TPSA) is 56.7 Å². The Hall–Kier alpha value is -1.39. The largest absolute Gasteiger partial charge is 0.325 e. The van der Waals surface area contributed by atoms with Crippen LogP contribution in [0.5, 0.6) is 0 Å². The number of halogens is 1. The van der Waals surface area contributed by atoms with E-state index in [2.05, 4.69) is 10.1 Å². The van der Waals surface area contributed by atoms with Gasteiger partial charge in [-0.3, -0.25) is 9.67 Å². The fourth-order valence-corrected chi connectivity index (χ4v) is 1.70. The lowest BCUT2D eigenvalue weighted by atomic mass is 10.2. The van der Waals surface area contributed by atoms with Crippen LogP contribution in [0.2, 0.25) is 5.02 Å². The Bertz CT molecular complexity index is 473. The average molecular weight is 237 g/mol. The highest BCUT2D eigenvalue weighted by molar-refractivity contribution is 6.31. The van der Waals surface area contributed by atoms with Gasteiger partial charge in [0.25, 0.3) is 0 Å². The molecule has 0 aliphatic carbocycles. The number of nitrogens with zero attached hydrogens (tertiary/aromatic N) is 3. The van der Waals surface area contributed by atoms with Crippen molar-refractivity contribution in [2.75, 3.05) is 0 Å². The van der Waals surface area contributed by atoms with Gasteiger partial charge in [0.1, 0.15) is 0 Å². The van der Waals surface area contributed by atoms with Crippen molar-refractivity contribution >= 4 is 11.6 Å². The third-order valence-electron chi connectivity index (χ3n) is 2.40. The van der Waals surface area contributed by atoms with Crippen LogP contribution in [0.1, 0.15) is 17.0 Å². The summed E-state index contributed by atoms with van der Waals surface area (Å²) in [7, 11) is 0. The summed E-state index contributed by atoms with van der Waals surface area (Å²) in [5, 5.41) is 4.98. The van der Waals surface area contributed by atoms with E-state index < -0.39 is 0 Å². The van der Waals surface area contributed by atoms with Gasteiger partial charge in [0.15, 0.2) is 0 Å². The van der Waals surface area contributed by atoms with Crippen molar-refractivity contribution in [1.29, 1.82) is 0 Å². The first-order valence-corrected chi connectivity index (χ1v) is 5.41. The molecule has 0 amide bonds. The normalized spacial score (nSPS) is 10.7. The Labute approximate surface area is 99.1 Å². The van der Waals surface area contributed by atoms with Gasteiger partial charge in [-0.2, -0.15) is 5.10 Å². The molecule has 0 aliphatic heterocycles. The smallest absolute Gasteiger partial charge is 0.0815 e. The van der Waals surface area contributed by atoms with Crippen LogP contribution in [-0.2, 0) is 13.1 Å². The van der Waals surface area contributed by atoms with Crippen LogP contribution >= 0.6 is 11.6 Å². The molecule has 0 unspecified atom stereocenters. The SMILES string of the molecule is Cc1nn(Cc2cccnc2CN)cc1Cl. The molecule has 0 aromatic carbocycles. The van der Waals surface area contributed by atoms with Crippen LogP contribution in [0, 0.1) is 6.92 Å². The molecule has 2 rings (SSSR count). The highest BCUT2D eigenvalue weighted by Crippen LogP contribution is 2.14. The summed E-state index contributed by atoms with van der Waals surface area (Å²) in [6.07, 6.45) is 3.55. The van der Waals surface area contributed by atoms with E-state index in [-0.39, 0.29) is 0 Å². The highest BCUT2D eigenvalue weighted by atomic mass is 35.5. The molecule has 2 aromatic heterocycles. The zero-order valence-corrected chi connectivity index (χ0v) is 9.78. The Morgan fingerprint density at radius 1 is 1.50 bits per heavy atom. The second-order valence-corrected chi connectivity index (χ2v) is 3.98. The number of nitrogens with two attached hydrogens (primary N) is 1. The van der Waals surface area contributed by atoms with Gasteiger partial charge in [0, 0.05) is 18.9 Å². The molecule has 0 aliphatic rings. The number of aromatic nitrogens is 3. The first-order chi connectivity index (χ1) is 7.70. The molecule has 0 atom stereocenters. The molecule has 0 saturated carbocycles. The van der Waals surface area contributed by atoms with Gasteiger partial charge >= 0.3 is 0 Å². The molecule has 2 N–H and O–H groups in total. The van der Waals surface area contributed by atoms with Gasteiger partial charge in [-0.25, -0.2) is 0 Å². The van der Waals surface area contributed by atoms with Crippen LogP contribution in [-0.4, -0.2) is 14.8 Å². The third kappa shape index (κ3) is 2.23. The van der Waals surface area contributed by atoms with Crippen molar-refractivity contribution in [1.82, 2.24) is 14.8 Å². The predicted molar refractivity (Wildman–Crippen MR) is 63.2 cm³/mol. The zero-order valence-electron chi connectivity index (χ0n) is 9.02. The van der Waals surface area contributed by atoms with E-state index in [1.165, 1.54) is 0 Å². The van der Waals surface area contributed by atoms with E-state index in [4.69, 9.17) is 17.3 Å². The summed E-state index contributed by atoms with van der Waals surface area (Å²) in [5.74, 6) is 0. The number of hydrogen-bond acceptors (Lipinski definition) is 3. The van der Waals surface area contributed by atoms with Gasteiger partial charge in [0.05, 0.1) is 23.0 Å². The summed E-state index contributed by atoms with van der Waals surface area (Å²) in [6.45, 7) is 2.96. The minimum atomic E-state index is 0.435. The molecule has 5 heteroatoms. The van der Waals surface area contributed by atoms with Crippen LogP contribution < -0.4 is 5.73 Å². The summed E-state index contributed by atoms with van der Waals surface area (Å²) in [5.41, 5.74) is 8.42. The van der Waals surface area contributed by atoms with Crippen LogP contribution in [0.15, 0.2) is 24.5 Å². The number of rotatable bonds is 3. The maximum Gasteiger partial charge on any atom is 0.0815 e. The summed E-state index contributed by atoms with van der Waals surface area (Å²) >= 11 is 5.95. The van der Waals surface area contributed by atoms with Crippen LogP contribution in [0.3, 0.4) is 0 Å². The lowest BCUT2D eigenvalue weighted by Gasteiger charge is -2.06. The summed E-state index contributed by atoms with van der Waals surface area (Å²) in [4.78, 5) is 4.22. The minimum absolute atomic E-state index is 0.435. The van der Waals surface area contributed by atoms with E-state index in [0.717, 1.165) is 17.0 Å². The fraction of sp³-hybridized carbons (Fsp3) is 0.273. The Kier molecular flexibility index (Phi) is 3.22. The van der Waals surface area contributed by atoms with E-state index in [0.29, 0.717) is 18.1 Å². The molecule has 4 nitrogen and oxygen atoms in total. The third-order valence-corrected chi connectivity index (χ3v) is 2.77. The molecular formula is C11H13ClN4. The molecule has 0 saturated heterocycles. The number of aryl methyl sites for hydroxylation is 1. The second-order valence-electron chi connectivity index (χ2n) is 3.57. The molecule has 2 aromatic rings. The maximum absolute atomic E-state index is 5.95. The lowest BCUT2D eigenvalue weighted by Crippen LogP contribution is -2.08. The van der Waals surface area contributed by atoms with Gasteiger partial charge in [0.2, 0.25) is 0 Å². The van der Waals surface area contributed by atoms with Gasteiger partial charge in [-0.1, -0.05) is 17.7 Å². The van der Waals surface area contributed by atoms with Gasteiger partial charge in [-0.15, -0.1) is 0 Å². The Balaban J connectivity index is 2.26. The molecular weight excluding hydrogens is 224 g/mol. The monoisotopic (exact) mass is 236 g/mol. The van der Waals surface area contributed by atoms with E-state index >= 15 is 0 Å². The quantitative estimate of drug-likeness (QED) is 0.883. The number of hydrogen-bond donors (Lipinski definition) is 1. The van der Waals surface area contributed by atoms with Crippen molar-refractivity contribution < 1.29 is 0 Å². The van der Waals surface area contributed by atoms with Gasteiger partial charge < -0.3 is 5.73 Å². The van der Waals surface area contributed by atoms with Crippen molar-refractivity contribution in [2.24, 2.45) is 5.73 Å². The van der Waals surface area contributed by atoms with Crippen LogP contribution in [0.4, 0.5) is 0 Å². The molecule has 0 fully saturated rings. The average Bonchev–Trinajstić information content (AvgIpc) is 2.59. The van der Waals surface area contributed by atoms with Crippen molar-refractivity contribution in [3.05, 3.63) is 46.5 Å². The first kappa shape index (κ1) is 11.1. The Morgan fingerprint density at radius 2 is 2.31 bits per heavy atom. The standard InChI is InChI=1S/C11H13ClN4/c1-8-10(12)7-16(15-8)6-9-3-2-4-14-11(9)5-13/h2-4,7H,5-6,13H2,1H3. The predicted octanol–water partition coefficient (Wildman–Crippen LogP) is 1.75. The summed E-state index contributed by atoms with van der Waals surface area (Å²) < 4.78 is 1.80. The zero-order chi connectivity index (χ0) is 11.5. The molecule has 16 heavy (non-hydrogen) atoms. The maximum atomic E-state index is 5.95. The highest BCUT2D eigenvalue weighted by Gasteiger charge is 2.05. The lowest BCUT2D eigenvalue weighted by molar-refractivity contribution is 0.670. The Morgan fingerprint density at radius 3 is 2.94 bits per heavy atom. The van der Waals surface area contributed by atoms with Gasteiger partial charge in [-0.05, 0) is 18.6 Å². The molecule has 2 heterocycles. The molecule has 0 radical (unpaired) electrons. The summed E-state index contributed by atoms with van der Waals surface area (Å²) in [6, 6.07) is 3.90. The van der Waals surface area contributed by atoms with Crippen molar-refractivity contribution in [3.8, 4) is 0 Å². The van der Waals surface area contributed by atoms with Crippen LogP contribution in [0.25, 0.3) is 0 Å².